The lowest BCUT2D eigenvalue weighted by molar-refractivity contribution is -0.131. The third-order valence-electron chi connectivity index (χ3n) is 2.25. The van der Waals surface area contributed by atoms with Gasteiger partial charge in [-0.05, 0) is 23.8 Å². The van der Waals surface area contributed by atoms with Gasteiger partial charge in [-0.2, -0.15) is 0 Å². The number of carbonyl (C=O) groups is 1. The lowest BCUT2D eigenvalue weighted by Gasteiger charge is -2.13. The fourth-order valence-corrected chi connectivity index (χ4v) is 1.31. The van der Waals surface area contributed by atoms with Gasteiger partial charge in [-0.15, -0.1) is 0 Å². The Balaban J connectivity index is 2.81. The Morgan fingerprint density at radius 3 is 2.74 bits per heavy atom. The topological polar surface area (TPSA) is 96.2 Å². The summed E-state index contributed by atoms with van der Waals surface area (Å²) in [6, 6.07) is 4.87. The van der Waals surface area contributed by atoms with Gasteiger partial charge in [0.05, 0.1) is 13.7 Å². The quantitative estimate of drug-likeness (QED) is 0.624. The molecule has 0 aliphatic heterocycles. The van der Waals surface area contributed by atoms with Gasteiger partial charge in [-0.25, -0.2) is 4.79 Å². The summed E-state index contributed by atoms with van der Waals surface area (Å²) in [5.74, 6) is -0.217. The van der Waals surface area contributed by atoms with Crippen molar-refractivity contribution in [2.45, 2.75) is 6.10 Å². The predicted octanol–water partition coefficient (Wildman–Crippen LogP) is 0.525. The minimum atomic E-state index is -1.04. The van der Waals surface area contributed by atoms with Crippen molar-refractivity contribution in [2.24, 2.45) is 0 Å². The highest BCUT2D eigenvalue weighted by Crippen LogP contribution is 2.28. The fraction of sp³-hybridized carbons (Fsp3) is 0.308. The zero-order chi connectivity index (χ0) is 14.3. The molecule has 1 rings (SSSR count). The molecule has 0 bridgehead atoms. The second kappa shape index (κ2) is 7.40. The summed E-state index contributed by atoms with van der Waals surface area (Å²) in [5, 5.41) is 26.4. The van der Waals surface area contributed by atoms with E-state index in [1.54, 1.807) is 18.2 Å². The molecule has 6 nitrogen and oxygen atoms in total. The second-order valence-corrected chi connectivity index (χ2v) is 3.73. The van der Waals surface area contributed by atoms with Crippen LogP contribution in [0.15, 0.2) is 24.3 Å². The number of ether oxygens (including phenoxy) is 2. The van der Waals surface area contributed by atoms with Crippen molar-refractivity contribution >= 4 is 12.0 Å². The van der Waals surface area contributed by atoms with Gasteiger partial charge in [0.25, 0.3) is 0 Å². The van der Waals surface area contributed by atoms with Crippen molar-refractivity contribution in [3.8, 4) is 11.5 Å². The van der Waals surface area contributed by atoms with Gasteiger partial charge in [0, 0.05) is 6.08 Å². The van der Waals surface area contributed by atoms with Crippen LogP contribution in [0.3, 0.4) is 0 Å². The number of aliphatic hydroxyl groups excluding tert-OH is 2. The van der Waals surface area contributed by atoms with Gasteiger partial charge >= 0.3 is 5.97 Å². The van der Waals surface area contributed by atoms with E-state index in [0.717, 1.165) is 6.08 Å². The highest BCUT2D eigenvalue weighted by Gasteiger charge is 2.08. The number of benzene rings is 1. The summed E-state index contributed by atoms with van der Waals surface area (Å²) >= 11 is 0. The maximum atomic E-state index is 10.4. The Labute approximate surface area is 110 Å². The van der Waals surface area contributed by atoms with Crippen molar-refractivity contribution in [1.29, 1.82) is 0 Å². The number of rotatable bonds is 7. The van der Waals surface area contributed by atoms with E-state index >= 15 is 0 Å². The molecule has 0 aromatic heterocycles. The normalized spacial score (nSPS) is 12.4. The Morgan fingerprint density at radius 1 is 1.42 bits per heavy atom. The Hall–Kier alpha value is -2.05. The molecule has 6 heteroatoms. The Kier molecular flexibility index (Phi) is 5.84. The van der Waals surface area contributed by atoms with E-state index in [1.807, 2.05) is 0 Å². The summed E-state index contributed by atoms with van der Waals surface area (Å²) in [6.45, 7) is -0.446. The standard InChI is InChI=1S/C13H16O6/c1-18-12-6-9(3-5-13(16)17)2-4-11(12)19-8-10(15)7-14/h2-6,10,14-15H,7-8H2,1H3,(H,16,17). The minimum absolute atomic E-state index is 0.0584. The third kappa shape index (κ3) is 4.99. The van der Waals surface area contributed by atoms with Crippen molar-refractivity contribution in [1.82, 2.24) is 0 Å². The van der Waals surface area contributed by atoms with Crippen molar-refractivity contribution in [3.63, 3.8) is 0 Å². The number of carboxylic acids is 1. The van der Waals surface area contributed by atoms with E-state index in [9.17, 15) is 9.90 Å². The van der Waals surface area contributed by atoms with Crippen LogP contribution in [-0.2, 0) is 4.79 Å². The highest BCUT2D eigenvalue weighted by atomic mass is 16.5. The third-order valence-corrected chi connectivity index (χ3v) is 2.25. The van der Waals surface area contributed by atoms with Crippen LogP contribution in [0.2, 0.25) is 0 Å². The minimum Gasteiger partial charge on any atom is -0.493 e. The molecule has 0 spiro atoms. The summed E-state index contributed by atoms with van der Waals surface area (Å²) in [6.07, 6.45) is 1.48. The molecule has 0 radical (unpaired) electrons. The molecular weight excluding hydrogens is 252 g/mol. The number of hydrogen-bond donors (Lipinski definition) is 3. The lowest BCUT2D eigenvalue weighted by Crippen LogP contribution is -2.21. The molecule has 0 heterocycles. The van der Waals surface area contributed by atoms with Crippen molar-refractivity contribution in [2.75, 3.05) is 20.3 Å². The lowest BCUT2D eigenvalue weighted by atomic mass is 10.2. The smallest absolute Gasteiger partial charge is 0.328 e. The summed E-state index contributed by atoms with van der Waals surface area (Å²) in [5.41, 5.74) is 0.648. The van der Waals surface area contributed by atoms with Crippen molar-refractivity contribution < 1.29 is 29.6 Å². The van der Waals surface area contributed by atoms with Crippen LogP contribution in [0.1, 0.15) is 5.56 Å². The van der Waals surface area contributed by atoms with Gasteiger partial charge in [0.1, 0.15) is 12.7 Å². The van der Waals surface area contributed by atoms with E-state index in [2.05, 4.69) is 0 Å². The van der Waals surface area contributed by atoms with E-state index in [-0.39, 0.29) is 13.2 Å². The molecule has 104 valence electrons. The SMILES string of the molecule is COc1cc(C=CC(=O)O)ccc1OCC(O)CO. The maximum absolute atomic E-state index is 10.4. The van der Waals surface area contributed by atoms with Crippen molar-refractivity contribution in [3.05, 3.63) is 29.8 Å². The average molecular weight is 268 g/mol. The van der Waals surface area contributed by atoms with Gasteiger partial charge in [0.2, 0.25) is 0 Å². The van der Waals surface area contributed by atoms with Gasteiger partial charge in [0.15, 0.2) is 11.5 Å². The van der Waals surface area contributed by atoms with Crippen LogP contribution in [0.4, 0.5) is 0 Å². The number of aliphatic hydroxyl groups is 2. The predicted molar refractivity (Wildman–Crippen MR) is 68.3 cm³/mol. The number of carboxylic acid groups (broad SMARTS) is 1. The average Bonchev–Trinajstić information content (AvgIpc) is 2.42. The molecule has 19 heavy (non-hydrogen) atoms. The molecule has 1 unspecified atom stereocenters. The van der Waals surface area contributed by atoms with E-state index in [4.69, 9.17) is 19.7 Å². The molecule has 0 saturated heterocycles. The summed E-state index contributed by atoms with van der Waals surface area (Å²) in [4.78, 5) is 10.4. The van der Waals surface area contributed by atoms with Crippen LogP contribution in [0.25, 0.3) is 6.08 Å². The maximum Gasteiger partial charge on any atom is 0.328 e. The van der Waals surface area contributed by atoms with E-state index in [0.29, 0.717) is 17.1 Å². The molecule has 0 fully saturated rings. The van der Waals surface area contributed by atoms with Crippen LogP contribution in [0, 0.1) is 0 Å². The molecule has 0 amide bonds. The highest BCUT2D eigenvalue weighted by molar-refractivity contribution is 5.85. The summed E-state index contributed by atoms with van der Waals surface area (Å²) < 4.78 is 10.4. The van der Waals surface area contributed by atoms with Crippen LogP contribution in [-0.4, -0.2) is 47.7 Å². The first kappa shape index (κ1) is 15.0. The Bertz CT molecular complexity index is 454. The first-order valence-electron chi connectivity index (χ1n) is 5.57. The van der Waals surface area contributed by atoms with Crippen LogP contribution < -0.4 is 9.47 Å². The second-order valence-electron chi connectivity index (χ2n) is 3.73. The largest absolute Gasteiger partial charge is 0.493 e. The molecule has 1 aromatic rings. The molecule has 0 saturated carbocycles. The molecule has 0 aliphatic carbocycles. The zero-order valence-electron chi connectivity index (χ0n) is 10.4. The summed E-state index contributed by atoms with van der Waals surface area (Å²) in [7, 11) is 1.45. The van der Waals surface area contributed by atoms with Gasteiger partial charge in [-0.3, -0.25) is 0 Å². The number of aliphatic carboxylic acids is 1. The van der Waals surface area contributed by atoms with E-state index in [1.165, 1.54) is 13.2 Å². The molecule has 3 N–H and O–H groups in total. The monoisotopic (exact) mass is 268 g/mol. The number of methoxy groups -OCH3 is 1. The molecule has 0 aliphatic rings. The first-order chi connectivity index (χ1) is 9.06. The zero-order valence-corrected chi connectivity index (χ0v) is 10.4. The van der Waals surface area contributed by atoms with Crippen LogP contribution >= 0.6 is 0 Å². The first-order valence-corrected chi connectivity index (χ1v) is 5.57. The molecule has 1 aromatic carbocycles. The fourth-order valence-electron chi connectivity index (χ4n) is 1.31. The van der Waals surface area contributed by atoms with Crippen LogP contribution in [0.5, 0.6) is 11.5 Å². The number of hydrogen-bond acceptors (Lipinski definition) is 5. The van der Waals surface area contributed by atoms with Gasteiger partial charge in [-0.1, -0.05) is 6.07 Å². The molecular formula is C13H16O6. The van der Waals surface area contributed by atoms with Gasteiger partial charge < -0.3 is 24.8 Å². The molecule has 1 atom stereocenters. The van der Waals surface area contributed by atoms with E-state index < -0.39 is 12.1 Å². The Morgan fingerprint density at radius 2 is 2.16 bits per heavy atom.